The fourth-order valence-corrected chi connectivity index (χ4v) is 3.89. The Labute approximate surface area is 159 Å². The highest BCUT2D eigenvalue weighted by molar-refractivity contribution is 5.97. The summed E-state index contributed by atoms with van der Waals surface area (Å²) in [6.45, 7) is 1.39. The van der Waals surface area contributed by atoms with E-state index in [0.717, 1.165) is 24.1 Å². The van der Waals surface area contributed by atoms with Crippen LogP contribution in [0.25, 0.3) is 0 Å². The molecule has 2 atom stereocenters. The Kier molecular flexibility index (Phi) is 6.19. The Hall–Kier alpha value is -2.73. The maximum Gasteiger partial charge on any atom is 0.304 e. The van der Waals surface area contributed by atoms with Crippen molar-refractivity contribution in [3.8, 4) is 0 Å². The van der Waals surface area contributed by atoms with Crippen LogP contribution >= 0.6 is 0 Å². The lowest BCUT2D eigenvalue weighted by atomic mass is 9.78. The number of benzene rings is 1. The van der Waals surface area contributed by atoms with Crippen molar-refractivity contribution >= 4 is 11.9 Å². The average molecular weight is 367 g/mol. The number of pyridine rings is 1. The molecule has 1 amide bonds. The van der Waals surface area contributed by atoms with E-state index in [2.05, 4.69) is 10.3 Å². The molecule has 2 heterocycles. The molecule has 1 aromatic heterocycles. The first-order valence-electron chi connectivity index (χ1n) is 9.27. The molecule has 3 rings (SSSR count). The highest BCUT2D eigenvalue weighted by Gasteiger charge is 2.40. The number of carbonyl (C=O) groups is 2. The molecule has 2 aromatic rings. The second-order valence-corrected chi connectivity index (χ2v) is 6.88. The zero-order chi connectivity index (χ0) is 19.2. The van der Waals surface area contributed by atoms with Crippen molar-refractivity contribution in [1.29, 1.82) is 0 Å². The van der Waals surface area contributed by atoms with E-state index in [1.54, 1.807) is 18.5 Å². The average Bonchev–Trinajstić information content (AvgIpc) is 2.68. The molecule has 0 saturated carbocycles. The second kappa shape index (κ2) is 8.77. The lowest BCUT2D eigenvalue weighted by molar-refractivity contribution is -0.137. The van der Waals surface area contributed by atoms with Crippen LogP contribution in [0.4, 0.5) is 0 Å². The molecule has 6 nitrogen and oxygen atoms in total. The van der Waals surface area contributed by atoms with Gasteiger partial charge >= 0.3 is 5.97 Å². The van der Waals surface area contributed by atoms with Gasteiger partial charge in [-0.3, -0.25) is 14.6 Å². The number of hydrogen-bond donors (Lipinski definition) is 2. The van der Waals surface area contributed by atoms with Crippen LogP contribution in [0.5, 0.6) is 0 Å². The summed E-state index contributed by atoms with van der Waals surface area (Å²) >= 11 is 0. The van der Waals surface area contributed by atoms with Gasteiger partial charge in [0.15, 0.2) is 0 Å². The molecule has 1 aliphatic heterocycles. The van der Waals surface area contributed by atoms with E-state index in [1.165, 1.54) is 0 Å². The standard InChI is InChI=1S/C21H25N3O3/c1-22-9-5-11-24-19(12-15-6-4-10-23-14-15)18(13-20(25)26)16-7-2-3-8-17(16)21(24)27/h2-4,6-8,10,14,18-19,22H,5,9,11-13H2,1H3,(H,25,26). The number of rotatable bonds is 8. The van der Waals surface area contributed by atoms with Crippen molar-refractivity contribution in [3.05, 3.63) is 65.5 Å². The molecule has 27 heavy (non-hydrogen) atoms. The normalized spacial score (nSPS) is 19.0. The van der Waals surface area contributed by atoms with Gasteiger partial charge in [-0.25, -0.2) is 0 Å². The predicted octanol–water partition coefficient (Wildman–Crippen LogP) is 2.32. The van der Waals surface area contributed by atoms with Crippen LogP contribution < -0.4 is 5.32 Å². The number of carbonyl (C=O) groups excluding carboxylic acids is 1. The largest absolute Gasteiger partial charge is 0.481 e. The van der Waals surface area contributed by atoms with Crippen molar-refractivity contribution < 1.29 is 14.7 Å². The van der Waals surface area contributed by atoms with Gasteiger partial charge in [-0.1, -0.05) is 24.3 Å². The number of carboxylic acids is 1. The molecule has 6 heteroatoms. The summed E-state index contributed by atoms with van der Waals surface area (Å²) in [5.41, 5.74) is 2.46. The second-order valence-electron chi connectivity index (χ2n) is 6.88. The Morgan fingerprint density at radius 3 is 2.78 bits per heavy atom. The first-order valence-corrected chi connectivity index (χ1v) is 9.27. The molecular weight excluding hydrogens is 342 g/mol. The summed E-state index contributed by atoms with van der Waals surface area (Å²) < 4.78 is 0. The minimum Gasteiger partial charge on any atom is -0.481 e. The summed E-state index contributed by atoms with van der Waals surface area (Å²) in [4.78, 5) is 30.8. The third-order valence-corrected chi connectivity index (χ3v) is 5.10. The Bertz CT molecular complexity index is 794. The molecule has 0 spiro atoms. The molecule has 0 bridgehead atoms. The number of aromatic nitrogens is 1. The Morgan fingerprint density at radius 2 is 2.07 bits per heavy atom. The SMILES string of the molecule is CNCCCN1C(=O)c2ccccc2C(CC(=O)O)C1Cc1cccnc1. The molecule has 0 aliphatic carbocycles. The van der Waals surface area contributed by atoms with E-state index >= 15 is 0 Å². The van der Waals surface area contributed by atoms with Gasteiger partial charge in [0.2, 0.25) is 0 Å². The van der Waals surface area contributed by atoms with E-state index in [-0.39, 0.29) is 24.3 Å². The van der Waals surface area contributed by atoms with E-state index in [1.807, 2.05) is 42.3 Å². The van der Waals surface area contributed by atoms with E-state index in [0.29, 0.717) is 18.5 Å². The lowest BCUT2D eigenvalue weighted by Gasteiger charge is -2.42. The highest BCUT2D eigenvalue weighted by Crippen LogP contribution is 2.37. The minimum atomic E-state index is -0.851. The quantitative estimate of drug-likeness (QED) is 0.700. The van der Waals surface area contributed by atoms with Crippen molar-refractivity contribution in [3.63, 3.8) is 0 Å². The summed E-state index contributed by atoms with van der Waals surface area (Å²) in [6, 6.07) is 11.0. The Morgan fingerprint density at radius 1 is 1.26 bits per heavy atom. The topological polar surface area (TPSA) is 82.5 Å². The van der Waals surface area contributed by atoms with E-state index in [4.69, 9.17) is 0 Å². The molecule has 0 radical (unpaired) electrons. The van der Waals surface area contributed by atoms with Crippen LogP contribution in [0.3, 0.4) is 0 Å². The van der Waals surface area contributed by atoms with Gasteiger partial charge in [0.25, 0.3) is 5.91 Å². The fourth-order valence-electron chi connectivity index (χ4n) is 3.89. The number of hydrogen-bond acceptors (Lipinski definition) is 4. The lowest BCUT2D eigenvalue weighted by Crippen LogP contribution is -2.50. The van der Waals surface area contributed by atoms with Gasteiger partial charge in [-0.15, -0.1) is 0 Å². The van der Waals surface area contributed by atoms with Gasteiger partial charge in [0, 0.05) is 36.5 Å². The molecule has 1 aromatic carbocycles. The molecule has 1 aliphatic rings. The van der Waals surface area contributed by atoms with E-state index in [9.17, 15) is 14.7 Å². The zero-order valence-corrected chi connectivity index (χ0v) is 15.5. The number of fused-ring (bicyclic) bond motifs is 1. The number of aliphatic carboxylic acids is 1. The van der Waals surface area contributed by atoms with Gasteiger partial charge in [-0.2, -0.15) is 0 Å². The summed E-state index contributed by atoms with van der Waals surface area (Å²) in [6.07, 6.45) is 4.90. The third kappa shape index (κ3) is 4.34. The first kappa shape index (κ1) is 19.0. The fraction of sp³-hybridized carbons (Fsp3) is 0.381. The number of nitrogens with zero attached hydrogens (tertiary/aromatic N) is 2. The maximum atomic E-state index is 13.2. The van der Waals surface area contributed by atoms with Crippen LogP contribution in [0.1, 0.15) is 40.2 Å². The summed E-state index contributed by atoms with van der Waals surface area (Å²) in [5, 5.41) is 12.6. The predicted molar refractivity (Wildman–Crippen MR) is 103 cm³/mol. The van der Waals surface area contributed by atoms with E-state index < -0.39 is 5.97 Å². The van der Waals surface area contributed by atoms with Crippen LogP contribution in [0, 0.1) is 0 Å². The van der Waals surface area contributed by atoms with Gasteiger partial charge in [-0.05, 0) is 49.7 Å². The van der Waals surface area contributed by atoms with Gasteiger partial charge in [0.05, 0.1) is 6.42 Å². The molecule has 2 unspecified atom stereocenters. The van der Waals surface area contributed by atoms with Crippen molar-refractivity contribution in [2.24, 2.45) is 0 Å². The maximum absolute atomic E-state index is 13.2. The number of carboxylic acid groups (broad SMARTS) is 1. The molecular formula is C21H25N3O3. The monoisotopic (exact) mass is 367 g/mol. The summed E-state index contributed by atoms with van der Waals surface area (Å²) in [7, 11) is 1.88. The van der Waals surface area contributed by atoms with Crippen molar-refractivity contribution in [2.75, 3.05) is 20.1 Å². The molecule has 142 valence electrons. The number of amides is 1. The van der Waals surface area contributed by atoms with Crippen LogP contribution in [-0.2, 0) is 11.2 Å². The van der Waals surface area contributed by atoms with Gasteiger partial charge in [0.1, 0.15) is 0 Å². The smallest absolute Gasteiger partial charge is 0.304 e. The first-order chi connectivity index (χ1) is 13.1. The third-order valence-electron chi connectivity index (χ3n) is 5.10. The molecule has 0 saturated heterocycles. The van der Waals surface area contributed by atoms with Crippen LogP contribution in [0.15, 0.2) is 48.8 Å². The Balaban J connectivity index is 2.00. The van der Waals surface area contributed by atoms with Crippen molar-refractivity contribution in [1.82, 2.24) is 15.2 Å². The van der Waals surface area contributed by atoms with Crippen molar-refractivity contribution in [2.45, 2.75) is 31.2 Å². The minimum absolute atomic E-state index is 0.00223. The molecule has 0 fully saturated rings. The number of nitrogens with one attached hydrogen (secondary N) is 1. The van der Waals surface area contributed by atoms with Crippen LogP contribution in [0.2, 0.25) is 0 Å². The zero-order valence-electron chi connectivity index (χ0n) is 15.5. The van der Waals surface area contributed by atoms with Crippen LogP contribution in [-0.4, -0.2) is 53.0 Å². The molecule has 2 N–H and O–H groups in total. The highest BCUT2D eigenvalue weighted by atomic mass is 16.4. The van der Waals surface area contributed by atoms with Gasteiger partial charge < -0.3 is 15.3 Å². The summed E-state index contributed by atoms with van der Waals surface area (Å²) in [5.74, 6) is -1.11.